The van der Waals surface area contributed by atoms with E-state index in [-0.39, 0.29) is 9.79 Å². The van der Waals surface area contributed by atoms with E-state index in [2.05, 4.69) is 4.72 Å². The summed E-state index contributed by atoms with van der Waals surface area (Å²) in [5.41, 5.74) is 4.11. The average molecular weight is 513 g/mol. The van der Waals surface area contributed by atoms with E-state index in [4.69, 9.17) is 4.74 Å². The van der Waals surface area contributed by atoms with Gasteiger partial charge < -0.3 is 4.74 Å². The molecule has 2 aliphatic rings. The van der Waals surface area contributed by atoms with Gasteiger partial charge in [-0.1, -0.05) is 6.07 Å². The van der Waals surface area contributed by atoms with Gasteiger partial charge in [-0.2, -0.15) is 0 Å². The Morgan fingerprint density at radius 2 is 1.43 bits per heavy atom. The first-order chi connectivity index (χ1) is 16.8. The number of anilines is 2. The van der Waals surface area contributed by atoms with Gasteiger partial charge in [0.2, 0.25) is 0 Å². The van der Waals surface area contributed by atoms with Crippen LogP contribution in [-0.2, 0) is 39.3 Å². The van der Waals surface area contributed by atoms with Crippen LogP contribution >= 0.6 is 0 Å². The van der Waals surface area contributed by atoms with Crippen molar-refractivity contribution in [2.24, 2.45) is 0 Å². The summed E-state index contributed by atoms with van der Waals surface area (Å²) >= 11 is 0. The van der Waals surface area contributed by atoms with E-state index in [0.29, 0.717) is 36.5 Å². The lowest BCUT2D eigenvalue weighted by Gasteiger charge is -2.31. The fourth-order valence-corrected chi connectivity index (χ4v) is 7.48. The fraction of sp³-hybridized carbons (Fsp3) is 0.308. The lowest BCUT2D eigenvalue weighted by molar-refractivity contribution is 0.414. The van der Waals surface area contributed by atoms with Gasteiger partial charge in [-0.15, -0.1) is 0 Å². The minimum Gasteiger partial charge on any atom is -0.497 e. The van der Waals surface area contributed by atoms with Gasteiger partial charge in [0.05, 0.1) is 22.6 Å². The topological polar surface area (TPSA) is 92.8 Å². The van der Waals surface area contributed by atoms with Crippen LogP contribution in [0, 0.1) is 0 Å². The maximum absolute atomic E-state index is 13.3. The molecule has 35 heavy (non-hydrogen) atoms. The van der Waals surface area contributed by atoms with Crippen LogP contribution in [0.15, 0.2) is 70.5 Å². The fourth-order valence-electron chi connectivity index (χ4n) is 4.84. The molecular formula is C26H28N2O5S2. The Kier molecular flexibility index (Phi) is 6.23. The molecule has 3 aromatic carbocycles. The number of benzene rings is 3. The van der Waals surface area contributed by atoms with Gasteiger partial charge in [0.15, 0.2) is 0 Å². The summed E-state index contributed by atoms with van der Waals surface area (Å²) in [6, 6.07) is 16.7. The third kappa shape index (κ3) is 4.62. The van der Waals surface area contributed by atoms with Crippen LogP contribution < -0.4 is 13.8 Å². The number of aryl methyl sites for hydroxylation is 3. The Morgan fingerprint density at radius 1 is 0.743 bits per heavy atom. The largest absolute Gasteiger partial charge is 0.497 e. The first-order valence-electron chi connectivity index (χ1n) is 11.7. The highest BCUT2D eigenvalue weighted by Crippen LogP contribution is 2.35. The maximum atomic E-state index is 13.3. The van der Waals surface area contributed by atoms with Crippen molar-refractivity contribution in [1.29, 1.82) is 0 Å². The molecule has 0 unspecified atom stereocenters. The summed E-state index contributed by atoms with van der Waals surface area (Å²) in [5, 5.41) is 0. The SMILES string of the molecule is COc1ccc(S(=O)(=O)N2CCCc3cc(NS(=O)(=O)c4ccc5c(c4)CCCC5)ccc32)cc1. The van der Waals surface area contributed by atoms with Gasteiger partial charge in [0.25, 0.3) is 20.0 Å². The summed E-state index contributed by atoms with van der Waals surface area (Å²) in [4.78, 5) is 0.433. The van der Waals surface area contributed by atoms with E-state index < -0.39 is 20.0 Å². The van der Waals surface area contributed by atoms with Crippen molar-refractivity contribution in [2.45, 2.75) is 48.3 Å². The Bertz CT molecular complexity index is 1470. The standard InChI is InChI=1S/C26H28N2O5S2/c1-33-23-10-13-24(14-11-23)35(31,32)28-16-4-7-21-17-22(9-15-26(21)28)27-34(29,30)25-12-8-19-5-2-3-6-20(19)18-25/h8-15,17-18,27H,2-7,16H2,1H3. The zero-order chi connectivity index (χ0) is 24.6. The molecule has 7 nitrogen and oxygen atoms in total. The maximum Gasteiger partial charge on any atom is 0.264 e. The van der Waals surface area contributed by atoms with Gasteiger partial charge in [-0.3, -0.25) is 9.03 Å². The smallest absolute Gasteiger partial charge is 0.264 e. The van der Waals surface area contributed by atoms with Gasteiger partial charge >= 0.3 is 0 Å². The highest BCUT2D eigenvalue weighted by Gasteiger charge is 2.29. The Balaban J connectivity index is 1.41. The number of ether oxygens (including phenoxy) is 1. The Morgan fingerprint density at radius 3 is 2.17 bits per heavy atom. The number of methoxy groups -OCH3 is 1. The molecule has 0 atom stereocenters. The van der Waals surface area contributed by atoms with Gasteiger partial charge in [-0.25, -0.2) is 16.8 Å². The second kappa shape index (κ2) is 9.20. The molecule has 0 amide bonds. The number of nitrogens with zero attached hydrogens (tertiary/aromatic N) is 1. The molecule has 0 spiro atoms. The van der Waals surface area contributed by atoms with Crippen LogP contribution in [0.1, 0.15) is 36.0 Å². The molecule has 184 valence electrons. The van der Waals surface area contributed by atoms with Crippen molar-refractivity contribution >= 4 is 31.4 Å². The lowest BCUT2D eigenvalue weighted by atomic mass is 9.92. The summed E-state index contributed by atoms with van der Waals surface area (Å²) in [6.07, 6.45) is 5.41. The van der Waals surface area contributed by atoms with Gasteiger partial charge in [-0.05, 0) is 110 Å². The van der Waals surface area contributed by atoms with Gasteiger partial charge in [0, 0.05) is 12.2 Å². The molecule has 1 aliphatic carbocycles. The minimum atomic E-state index is -3.76. The minimum absolute atomic E-state index is 0.184. The number of hydrogen-bond acceptors (Lipinski definition) is 5. The second-order valence-electron chi connectivity index (χ2n) is 8.94. The first kappa shape index (κ1) is 23.7. The summed E-state index contributed by atoms with van der Waals surface area (Å²) in [7, 11) is -5.99. The molecule has 0 aromatic heterocycles. The third-order valence-electron chi connectivity index (χ3n) is 6.69. The average Bonchev–Trinajstić information content (AvgIpc) is 2.87. The van der Waals surface area contributed by atoms with E-state index in [0.717, 1.165) is 36.8 Å². The Labute approximate surface area is 206 Å². The monoisotopic (exact) mass is 512 g/mol. The summed E-state index contributed by atoms with van der Waals surface area (Å²) < 4.78 is 62.1. The van der Waals surface area contributed by atoms with E-state index in [1.54, 1.807) is 42.5 Å². The van der Waals surface area contributed by atoms with Gasteiger partial charge in [0.1, 0.15) is 5.75 Å². The van der Waals surface area contributed by atoms with E-state index in [1.807, 2.05) is 6.07 Å². The van der Waals surface area contributed by atoms with Crippen molar-refractivity contribution in [3.05, 3.63) is 77.4 Å². The number of fused-ring (bicyclic) bond motifs is 2. The molecule has 0 saturated carbocycles. The molecule has 0 radical (unpaired) electrons. The molecule has 0 saturated heterocycles. The summed E-state index contributed by atoms with van der Waals surface area (Å²) in [6.45, 7) is 0.363. The molecule has 1 N–H and O–H groups in total. The van der Waals surface area contributed by atoms with Crippen LogP contribution in [0.2, 0.25) is 0 Å². The highest BCUT2D eigenvalue weighted by molar-refractivity contribution is 7.93. The summed E-state index contributed by atoms with van der Waals surface area (Å²) in [5.74, 6) is 0.582. The van der Waals surface area contributed by atoms with Crippen LogP contribution in [-0.4, -0.2) is 30.5 Å². The zero-order valence-electron chi connectivity index (χ0n) is 19.5. The van der Waals surface area contributed by atoms with Crippen LogP contribution in [0.5, 0.6) is 5.75 Å². The molecular weight excluding hydrogens is 484 g/mol. The Hall–Kier alpha value is -3.04. The first-order valence-corrected chi connectivity index (χ1v) is 14.6. The molecule has 1 heterocycles. The molecule has 3 aromatic rings. The van der Waals surface area contributed by atoms with Crippen molar-refractivity contribution < 1.29 is 21.6 Å². The molecule has 0 bridgehead atoms. The van der Waals surface area contributed by atoms with Crippen molar-refractivity contribution in [3.8, 4) is 5.75 Å². The molecule has 1 aliphatic heterocycles. The normalized spacial score (nSPS) is 15.7. The number of sulfonamides is 2. The number of nitrogens with one attached hydrogen (secondary N) is 1. The van der Waals surface area contributed by atoms with Crippen LogP contribution in [0.4, 0.5) is 11.4 Å². The lowest BCUT2D eigenvalue weighted by Crippen LogP contribution is -2.35. The second-order valence-corrected chi connectivity index (χ2v) is 12.5. The predicted octanol–water partition coefficient (Wildman–Crippen LogP) is 4.52. The van der Waals surface area contributed by atoms with Crippen molar-refractivity contribution in [1.82, 2.24) is 0 Å². The number of hydrogen-bond donors (Lipinski definition) is 1. The zero-order valence-corrected chi connectivity index (χ0v) is 21.2. The molecule has 9 heteroatoms. The van der Waals surface area contributed by atoms with Crippen LogP contribution in [0.3, 0.4) is 0 Å². The van der Waals surface area contributed by atoms with E-state index in [9.17, 15) is 16.8 Å². The highest BCUT2D eigenvalue weighted by atomic mass is 32.2. The van der Waals surface area contributed by atoms with Crippen molar-refractivity contribution in [3.63, 3.8) is 0 Å². The quantitative estimate of drug-likeness (QED) is 0.524. The third-order valence-corrected chi connectivity index (χ3v) is 9.89. The van der Waals surface area contributed by atoms with Crippen molar-refractivity contribution in [2.75, 3.05) is 22.7 Å². The molecule has 0 fully saturated rings. The van der Waals surface area contributed by atoms with E-state index in [1.165, 1.54) is 29.1 Å². The number of rotatable bonds is 6. The van der Waals surface area contributed by atoms with Crippen LogP contribution in [0.25, 0.3) is 0 Å². The van der Waals surface area contributed by atoms with E-state index >= 15 is 0 Å². The molecule has 5 rings (SSSR count). The predicted molar refractivity (Wildman–Crippen MR) is 136 cm³/mol.